The molecule has 1 aromatic rings. The molecular formula is C12H13BrF3NO2. The zero-order valence-electron chi connectivity index (χ0n) is 10.1. The zero-order valence-corrected chi connectivity index (χ0v) is 11.7. The number of benzene rings is 1. The van der Waals surface area contributed by atoms with Crippen molar-refractivity contribution in [2.24, 2.45) is 0 Å². The van der Waals surface area contributed by atoms with Gasteiger partial charge in [-0.3, -0.25) is 4.79 Å². The molecule has 2 N–H and O–H groups in total. The number of alkyl halides is 3. The van der Waals surface area contributed by atoms with E-state index in [9.17, 15) is 18.0 Å². The number of hydrogen-bond acceptors (Lipinski definition) is 2. The SMILES string of the molecule is CCC(CO)NC(=O)c1ccc(Br)c(C(F)(F)F)c1. The molecule has 0 fully saturated rings. The van der Waals surface area contributed by atoms with Gasteiger partial charge in [0.25, 0.3) is 5.91 Å². The average molecular weight is 340 g/mol. The highest BCUT2D eigenvalue weighted by Crippen LogP contribution is 2.35. The van der Waals surface area contributed by atoms with Gasteiger partial charge in [0.1, 0.15) is 0 Å². The van der Waals surface area contributed by atoms with E-state index in [-0.39, 0.29) is 16.6 Å². The fraction of sp³-hybridized carbons (Fsp3) is 0.417. The van der Waals surface area contributed by atoms with E-state index in [0.717, 1.165) is 6.07 Å². The second kappa shape index (κ2) is 6.38. The third kappa shape index (κ3) is 4.21. The molecule has 0 bridgehead atoms. The fourth-order valence-electron chi connectivity index (χ4n) is 1.43. The molecule has 0 heterocycles. The molecule has 1 unspecified atom stereocenters. The Balaban J connectivity index is 2.99. The summed E-state index contributed by atoms with van der Waals surface area (Å²) >= 11 is 2.80. The second-order valence-electron chi connectivity index (χ2n) is 3.95. The first-order valence-corrected chi connectivity index (χ1v) is 6.37. The lowest BCUT2D eigenvalue weighted by Gasteiger charge is -2.15. The van der Waals surface area contributed by atoms with Gasteiger partial charge in [-0.25, -0.2) is 0 Å². The molecule has 1 amide bonds. The van der Waals surface area contributed by atoms with Crippen molar-refractivity contribution in [2.45, 2.75) is 25.6 Å². The Labute approximate surface area is 116 Å². The Kier molecular flexibility index (Phi) is 5.37. The Bertz CT molecular complexity index is 459. The van der Waals surface area contributed by atoms with Crippen molar-refractivity contribution in [3.63, 3.8) is 0 Å². The monoisotopic (exact) mass is 339 g/mol. The minimum Gasteiger partial charge on any atom is -0.394 e. The molecule has 0 saturated carbocycles. The lowest BCUT2D eigenvalue weighted by atomic mass is 10.1. The molecule has 7 heteroatoms. The molecule has 0 aliphatic heterocycles. The van der Waals surface area contributed by atoms with Crippen LogP contribution in [0.25, 0.3) is 0 Å². The van der Waals surface area contributed by atoms with Crippen LogP contribution < -0.4 is 5.32 Å². The van der Waals surface area contributed by atoms with Crippen LogP contribution in [0.15, 0.2) is 22.7 Å². The van der Waals surface area contributed by atoms with E-state index >= 15 is 0 Å². The van der Waals surface area contributed by atoms with Crippen molar-refractivity contribution in [2.75, 3.05) is 6.61 Å². The number of halogens is 4. The van der Waals surface area contributed by atoms with Gasteiger partial charge < -0.3 is 10.4 Å². The van der Waals surface area contributed by atoms with Crippen LogP contribution in [0.2, 0.25) is 0 Å². The van der Waals surface area contributed by atoms with Crippen LogP contribution in [0.4, 0.5) is 13.2 Å². The van der Waals surface area contributed by atoms with E-state index in [1.165, 1.54) is 12.1 Å². The summed E-state index contributed by atoms with van der Waals surface area (Å²) in [7, 11) is 0. The number of amides is 1. The average Bonchev–Trinajstić information content (AvgIpc) is 2.34. The molecule has 19 heavy (non-hydrogen) atoms. The van der Waals surface area contributed by atoms with E-state index in [4.69, 9.17) is 5.11 Å². The van der Waals surface area contributed by atoms with Gasteiger partial charge in [0.15, 0.2) is 0 Å². The summed E-state index contributed by atoms with van der Waals surface area (Å²) in [5.41, 5.74) is -1.00. The van der Waals surface area contributed by atoms with Gasteiger partial charge in [0.05, 0.1) is 18.2 Å². The first kappa shape index (κ1) is 16.0. The van der Waals surface area contributed by atoms with Crippen LogP contribution in [-0.2, 0) is 6.18 Å². The quantitative estimate of drug-likeness (QED) is 0.885. The van der Waals surface area contributed by atoms with Crippen LogP contribution in [-0.4, -0.2) is 23.7 Å². The smallest absolute Gasteiger partial charge is 0.394 e. The minimum atomic E-state index is -4.53. The third-order valence-electron chi connectivity index (χ3n) is 2.58. The van der Waals surface area contributed by atoms with Crippen LogP contribution in [0.3, 0.4) is 0 Å². The fourth-order valence-corrected chi connectivity index (χ4v) is 1.90. The lowest BCUT2D eigenvalue weighted by Crippen LogP contribution is -2.37. The Morgan fingerprint density at radius 3 is 2.58 bits per heavy atom. The highest BCUT2D eigenvalue weighted by molar-refractivity contribution is 9.10. The van der Waals surface area contributed by atoms with Gasteiger partial charge in [-0.2, -0.15) is 13.2 Å². The van der Waals surface area contributed by atoms with E-state index in [2.05, 4.69) is 21.2 Å². The van der Waals surface area contributed by atoms with Crippen molar-refractivity contribution in [3.05, 3.63) is 33.8 Å². The normalized spacial score (nSPS) is 13.2. The molecule has 0 aliphatic carbocycles. The molecule has 0 spiro atoms. The maximum Gasteiger partial charge on any atom is 0.417 e. The topological polar surface area (TPSA) is 49.3 Å². The van der Waals surface area contributed by atoms with Gasteiger partial charge in [0.2, 0.25) is 0 Å². The number of aliphatic hydroxyl groups is 1. The van der Waals surface area contributed by atoms with Crippen LogP contribution in [0.1, 0.15) is 29.3 Å². The van der Waals surface area contributed by atoms with Gasteiger partial charge in [-0.15, -0.1) is 0 Å². The minimum absolute atomic E-state index is 0.0950. The number of carbonyl (C=O) groups is 1. The van der Waals surface area contributed by atoms with Crippen LogP contribution in [0.5, 0.6) is 0 Å². The van der Waals surface area contributed by atoms with Crippen LogP contribution >= 0.6 is 15.9 Å². The highest BCUT2D eigenvalue weighted by Gasteiger charge is 2.33. The van der Waals surface area contributed by atoms with E-state index in [1.54, 1.807) is 6.92 Å². The summed E-state index contributed by atoms with van der Waals surface area (Å²) in [4.78, 5) is 11.8. The van der Waals surface area contributed by atoms with Crippen LogP contribution in [0, 0.1) is 0 Å². The van der Waals surface area contributed by atoms with E-state index < -0.39 is 23.7 Å². The second-order valence-corrected chi connectivity index (χ2v) is 4.81. The molecule has 1 atom stereocenters. The largest absolute Gasteiger partial charge is 0.417 e. The number of hydrogen-bond donors (Lipinski definition) is 2. The van der Waals surface area contributed by atoms with Gasteiger partial charge >= 0.3 is 6.18 Å². The number of rotatable bonds is 4. The summed E-state index contributed by atoms with van der Waals surface area (Å²) in [6.07, 6.45) is -4.04. The van der Waals surface area contributed by atoms with Gasteiger partial charge in [0, 0.05) is 10.0 Å². The molecule has 3 nitrogen and oxygen atoms in total. The predicted molar refractivity (Wildman–Crippen MR) is 67.8 cm³/mol. The summed E-state index contributed by atoms with van der Waals surface area (Å²) in [5.74, 6) is -0.640. The molecule has 0 aromatic heterocycles. The Hall–Kier alpha value is -1.08. The van der Waals surface area contributed by atoms with E-state index in [1.807, 2.05) is 0 Å². The molecular weight excluding hydrogens is 327 g/mol. The first-order valence-electron chi connectivity index (χ1n) is 5.58. The van der Waals surface area contributed by atoms with Crippen molar-refractivity contribution >= 4 is 21.8 Å². The van der Waals surface area contributed by atoms with Crippen molar-refractivity contribution in [3.8, 4) is 0 Å². The van der Waals surface area contributed by atoms with Crippen molar-refractivity contribution < 1.29 is 23.1 Å². The molecule has 106 valence electrons. The first-order chi connectivity index (χ1) is 8.79. The standard InChI is InChI=1S/C12H13BrF3NO2/c1-2-8(6-18)17-11(19)7-3-4-10(13)9(5-7)12(14,15)16/h3-5,8,18H,2,6H2,1H3,(H,17,19). The van der Waals surface area contributed by atoms with Gasteiger partial charge in [-0.1, -0.05) is 22.9 Å². The third-order valence-corrected chi connectivity index (χ3v) is 3.27. The Morgan fingerprint density at radius 2 is 2.11 bits per heavy atom. The zero-order chi connectivity index (χ0) is 14.6. The lowest BCUT2D eigenvalue weighted by molar-refractivity contribution is -0.138. The van der Waals surface area contributed by atoms with Crippen molar-refractivity contribution in [1.29, 1.82) is 0 Å². The van der Waals surface area contributed by atoms with E-state index in [0.29, 0.717) is 6.42 Å². The maximum atomic E-state index is 12.7. The molecule has 0 saturated heterocycles. The molecule has 1 rings (SSSR count). The number of aliphatic hydroxyl groups excluding tert-OH is 1. The number of carbonyl (C=O) groups excluding carboxylic acids is 1. The molecule has 0 radical (unpaired) electrons. The summed E-state index contributed by atoms with van der Waals surface area (Å²) in [5, 5.41) is 11.4. The molecule has 0 aliphatic rings. The van der Waals surface area contributed by atoms with Crippen molar-refractivity contribution in [1.82, 2.24) is 5.32 Å². The van der Waals surface area contributed by atoms with Gasteiger partial charge in [-0.05, 0) is 24.6 Å². The number of nitrogens with one attached hydrogen (secondary N) is 1. The maximum absolute atomic E-state index is 12.7. The molecule has 1 aromatic carbocycles. The highest BCUT2D eigenvalue weighted by atomic mass is 79.9. The summed E-state index contributed by atoms with van der Waals surface area (Å²) in [6.45, 7) is 1.49. The summed E-state index contributed by atoms with van der Waals surface area (Å²) < 4.78 is 37.9. The Morgan fingerprint density at radius 1 is 1.47 bits per heavy atom. The predicted octanol–water partition coefficient (Wildman–Crippen LogP) is 2.97. The summed E-state index contributed by atoms with van der Waals surface area (Å²) in [6, 6.07) is 2.78.